The van der Waals surface area contributed by atoms with Crippen molar-refractivity contribution in [1.29, 1.82) is 0 Å². The molecule has 0 radical (unpaired) electrons. The lowest BCUT2D eigenvalue weighted by Gasteiger charge is -2.01. The van der Waals surface area contributed by atoms with Crippen LogP contribution in [0.25, 0.3) is 28.7 Å². The van der Waals surface area contributed by atoms with Gasteiger partial charge in [-0.2, -0.15) is 5.10 Å². The third kappa shape index (κ3) is 3.68. The first-order valence-corrected chi connectivity index (χ1v) is 9.04. The molecule has 1 heterocycles. The molecule has 1 aromatic heterocycles. The van der Waals surface area contributed by atoms with Crippen molar-refractivity contribution in [2.24, 2.45) is 0 Å². The number of nitrogens with zero attached hydrogens (tertiary/aromatic N) is 3. The maximum atomic E-state index is 12.7. The number of aromatic nitrogens is 2. The number of benzene rings is 2. The molecule has 6 nitrogen and oxygen atoms in total. The first-order chi connectivity index (χ1) is 14.0. The standard InChI is InChI=1S/C23H17N3O3/c1-16-6-8-17(9-7-16)10-15-21-20-4-2-3-5-22(27)23(20)25(24-21)18-11-13-19(14-12-18)26(28)29/h2-15H,1H3/b15-10-. The lowest BCUT2D eigenvalue weighted by Crippen LogP contribution is -2.05. The molecule has 0 spiro atoms. The number of aryl methyl sites for hydroxylation is 1. The molecule has 0 aliphatic carbocycles. The molecule has 4 rings (SSSR count). The molecule has 29 heavy (non-hydrogen) atoms. The van der Waals surface area contributed by atoms with Gasteiger partial charge in [-0.25, -0.2) is 4.68 Å². The largest absolute Gasteiger partial charge is 0.288 e. The highest BCUT2D eigenvalue weighted by Crippen LogP contribution is 2.22. The van der Waals surface area contributed by atoms with Crippen molar-refractivity contribution >= 4 is 28.7 Å². The number of nitro groups is 1. The molecule has 0 saturated carbocycles. The second-order valence-electron chi connectivity index (χ2n) is 6.66. The van der Waals surface area contributed by atoms with E-state index >= 15 is 0 Å². The van der Waals surface area contributed by atoms with Crippen LogP contribution in [0.15, 0.2) is 77.6 Å². The van der Waals surface area contributed by atoms with Crippen LogP contribution in [0.2, 0.25) is 0 Å². The van der Waals surface area contributed by atoms with Crippen molar-refractivity contribution < 1.29 is 4.92 Å². The monoisotopic (exact) mass is 383 g/mol. The zero-order valence-electron chi connectivity index (χ0n) is 15.6. The third-order valence-electron chi connectivity index (χ3n) is 4.62. The fourth-order valence-corrected chi connectivity index (χ4v) is 3.10. The van der Waals surface area contributed by atoms with Gasteiger partial charge in [0.1, 0.15) is 5.52 Å². The molecule has 0 saturated heterocycles. The summed E-state index contributed by atoms with van der Waals surface area (Å²) in [5.74, 6) is 0. The zero-order chi connectivity index (χ0) is 20.4. The molecular weight excluding hydrogens is 366 g/mol. The quantitative estimate of drug-likeness (QED) is 0.375. The van der Waals surface area contributed by atoms with Gasteiger partial charge in [-0.3, -0.25) is 14.9 Å². The first-order valence-electron chi connectivity index (χ1n) is 9.04. The Morgan fingerprint density at radius 3 is 2.31 bits per heavy atom. The maximum absolute atomic E-state index is 12.7. The number of hydrogen-bond acceptors (Lipinski definition) is 4. The van der Waals surface area contributed by atoms with E-state index in [9.17, 15) is 14.9 Å². The molecule has 0 atom stereocenters. The van der Waals surface area contributed by atoms with Gasteiger partial charge in [0, 0.05) is 17.5 Å². The fraction of sp³-hybridized carbons (Fsp3) is 0.0435. The molecule has 4 aromatic rings. The summed E-state index contributed by atoms with van der Waals surface area (Å²) in [6.45, 7) is 2.03. The van der Waals surface area contributed by atoms with Crippen molar-refractivity contribution in [2.75, 3.05) is 0 Å². The van der Waals surface area contributed by atoms with Crippen molar-refractivity contribution in [3.05, 3.63) is 110 Å². The minimum atomic E-state index is -0.459. The highest BCUT2D eigenvalue weighted by atomic mass is 16.6. The fourth-order valence-electron chi connectivity index (χ4n) is 3.10. The van der Waals surface area contributed by atoms with Gasteiger partial charge in [0.2, 0.25) is 5.43 Å². The van der Waals surface area contributed by atoms with Gasteiger partial charge in [-0.1, -0.05) is 54.1 Å². The summed E-state index contributed by atoms with van der Waals surface area (Å²) >= 11 is 0. The average molecular weight is 383 g/mol. The van der Waals surface area contributed by atoms with Crippen LogP contribution in [0.5, 0.6) is 0 Å². The number of rotatable bonds is 4. The maximum Gasteiger partial charge on any atom is 0.269 e. The Morgan fingerprint density at radius 1 is 0.931 bits per heavy atom. The minimum Gasteiger partial charge on any atom is -0.288 e. The summed E-state index contributed by atoms with van der Waals surface area (Å²) < 4.78 is 1.54. The molecule has 0 bridgehead atoms. The van der Waals surface area contributed by atoms with E-state index in [4.69, 9.17) is 0 Å². The number of nitro benzene ring substituents is 1. The van der Waals surface area contributed by atoms with Crippen LogP contribution in [-0.4, -0.2) is 14.7 Å². The SMILES string of the molecule is Cc1ccc(/C=C\c2nn(-c3ccc([N+](=O)[O-])cc3)c3c(=O)ccccc23)cc1. The van der Waals surface area contributed by atoms with E-state index in [2.05, 4.69) is 5.10 Å². The Kier molecular flexibility index (Phi) is 4.75. The molecule has 0 unspecified atom stereocenters. The Labute approximate surface area is 166 Å². The molecule has 0 fully saturated rings. The van der Waals surface area contributed by atoms with Crippen molar-refractivity contribution in [1.82, 2.24) is 9.78 Å². The predicted octanol–water partition coefficient (Wildman–Crippen LogP) is 4.77. The highest BCUT2D eigenvalue weighted by Gasteiger charge is 2.13. The lowest BCUT2D eigenvalue weighted by molar-refractivity contribution is -0.384. The van der Waals surface area contributed by atoms with E-state index in [1.54, 1.807) is 24.3 Å². The van der Waals surface area contributed by atoms with Gasteiger partial charge < -0.3 is 0 Å². The smallest absolute Gasteiger partial charge is 0.269 e. The molecule has 0 N–H and O–H groups in total. The average Bonchev–Trinajstić information content (AvgIpc) is 2.98. The molecule has 142 valence electrons. The van der Waals surface area contributed by atoms with Crippen LogP contribution in [0, 0.1) is 17.0 Å². The van der Waals surface area contributed by atoms with Gasteiger partial charge in [-0.05, 0) is 36.8 Å². The van der Waals surface area contributed by atoms with Crippen molar-refractivity contribution in [2.45, 2.75) is 6.92 Å². The first kappa shape index (κ1) is 18.3. The Morgan fingerprint density at radius 2 is 1.62 bits per heavy atom. The summed E-state index contributed by atoms with van der Waals surface area (Å²) in [6, 6.07) is 20.9. The van der Waals surface area contributed by atoms with Crippen LogP contribution in [0.3, 0.4) is 0 Å². The molecule has 6 heteroatoms. The van der Waals surface area contributed by atoms with Gasteiger partial charge in [0.05, 0.1) is 16.3 Å². The molecule has 0 aliphatic rings. The van der Waals surface area contributed by atoms with Crippen molar-refractivity contribution in [3.63, 3.8) is 0 Å². The number of fused-ring (bicyclic) bond motifs is 1. The predicted molar refractivity (Wildman–Crippen MR) is 114 cm³/mol. The van der Waals surface area contributed by atoms with E-state index < -0.39 is 4.92 Å². The zero-order valence-corrected chi connectivity index (χ0v) is 15.6. The van der Waals surface area contributed by atoms with Crippen molar-refractivity contribution in [3.8, 4) is 5.69 Å². The Balaban J connectivity index is 1.87. The van der Waals surface area contributed by atoms with Crippen LogP contribution < -0.4 is 5.43 Å². The van der Waals surface area contributed by atoms with Crippen LogP contribution in [0.1, 0.15) is 16.8 Å². The van der Waals surface area contributed by atoms with Gasteiger partial charge in [0.25, 0.3) is 5.69 Å². The molecular formula is C23H17N3O3. The molecule has 0 amide bonds. The van der Waals surface area contributed by atoms with E-state index in [0.717, 1.165) is 5.56 Å². The lowest BCUT2D eigenvalue weighted by atomic mass is 10.1. The second kappa shape index (κ2) is 7.52. The van der Waals surface area contributed by atoms with Crippen LogP contribution in [0.4, 0.5) is 5.69 Å². The van der Waals surface area contributed by atoms with Crippen LogP contribution >= 0.6 is 0 Å². The van der Waals surface area contributed by atoms with E-state index in [1.807, 2.05) is 49.4 Å². The number of non-ortho nitro benzene ring substituents is 1. The summed E-state index contributed by atoms with van der Waals surface area (Å²) in [5, 5.41) is 16.3. The van der Waals surface area contributed by atoms with Gasteiger partial charge >= 0.3 is 0 Å². The number of hydrogen-bond donors (Lipinski definition) is 0. The Hall–Kier alpha value is -4.06. The molecule has 0 aliphatic heterocycles. The highest BCUT2D eigenvalue weighted by molar-refractivity contribution is 5.90. The third-order valence-corrected chi connectivity index (χ3v) is 4.62. The second-order valence-corrected chi connectivity index (χ2v) is 6.66. The van der Waals surface area contributed by atoms with E-state index in [0.29, 0.717) is 22.3 Å². The topological polar surface area (TPSA) is 78.0 Å². The van der Waals surface area contributed by atoms with E-state index in [-0.39, 0.29) is 11.1 Å². The summed E-state index contributed by atoms with van der Waals surface area (Å²) in [7, 11) is 0. The minimum absolute atomic E-state index is 0.0161. The van der Waals surface area contributed by atoms with Crippen LogP contribution in [-0.2, 0) is 0 Å². The van der Waals surface area contributed by atoms with E-state index in [1.165, 1.54) is 28.4 Å². The van der Waals surface area contributed by atoms with Gasteiger partial charge in [0.15, 0.2) is 0 Å². The summed E-state index contributed by atoms with van der Waals surface area (Å²) in [5.41, 5.74) is 3.66. The normalized spacial score (nSPS) is 11.2. The molecule has 3 aromatic carbocycles. The van der Waals surface area contributed by atoms with Gasteiger partial charge in [-0.15, -0.1) is 0 Å². The summed E-state index contributed by atoms with van der Waals surface area (Å²) in [6.07, 6.45) is 3.81. The Bertz CT molecular complexity index is 1290. The summed E-state index contributed by atoms with van der Waals surface area (Å²) in [4.78, 5) is 23.1.